The Labute approximate surface area is 155 Å². The first-order valence-electron chi connectivity index (χ1n) is 8.88. The zero-order chi connectivity index (χ0) is 19.6. The molecule has 7 nitrogen and oxygen atoms in total. The molecule has 0 spiro atoms. The number of rotatable bonds is 5. The number of hydrogen-bond donors (Lipinski definition) is 2. The van der Waals surface area contributed by atoms with Gasteiger partial charge < -0.3 is 20.1 Å². The number of carbonyl (C=O) groups excluding carboxylic acids is 2. The number of piperidine rings is 1. The van der Waals surface area contributed by atoms with Gasteiger partial charge in [-0.1, -0.05) is 0 Å². The highest BCUT2D eigenvalue weighted by Crippen LogP contribution is 2.32. The second-order valence-electron chi connectivity index (χ2n) is 6.99. The van der Waals surface area contributed by atoms with Crippen molar-refractivity contribution in [2.24, 2.45) is 0 Å². The number of aliphatic hydroxyl groups is 1. The monoisotopic (exact) mass is 383 g/mol. The maximum Gasteiger partial charge on any atom is 0.414 e. The van der Waals surface area contributed by atoms with Gasteiger partial charge in [0.15, 0.2) is 0 Å². The molecule has 1 aromatic rings. The SMILES string of the molecule is CC(=O)NC[C@H]1CN(c2ccc(N3CCC(F)(CO)CC3)c(F)c2)C(=O)O1. The molecule has 0 unspecified atom stereocenters. The largest absolute Gasteiger partial charge is 0.442 e. The van der Waals surface area contributed by atoms with E-state index >= 15 is 0 Å². The average molecular weight is 383 g/mol. The van der Waals surface area contributed by atoms with Gasteiger partial charge in [0.25, 0.3) is 0 Å². The first-order valence-corrected chi connectivity index (χ1v) is 8.88. The Morgan fingerprint density at radius 1 is 1.41 bits per heavy atom. The molecule has 27 heavy (non-hydrogen) atoms. The summed E-state index contributed by atoms with van der Waals surface area (Å²) >= 11 is 0. The standard InChI is InChI=1S/C18H23F2N3O4/c1-12(25)21-9-14-10-23(17(26)27-14)13-2-3-16(15(19)8-13)22-6-4-18(20,11-24)5-7-22/h2-3,8,14,24H,4-7,9-11H2,1H3,(H,21,25)/t14-/m0/s1. The van der Waals surface area contributed by atoms with Crippen LogP contribution in [0.1, 0.15) is 19.8 Å². The molecule has 2 aliphatic rings. The Morgan fingerprint density at radius 2 is 2.11 bits per heavy atom. The lowest BCUT2D eigenvalue weighted by Crippen LogP contribution is -2.44. The van der Waals surface area contributed by atoms with E-state index in [0.29, 0.717) is 24.5 Å². The van der Waals surface area contributed by atoms with E-state index < -0.39 is 30.3 Å². The minimum absolute atomic E-state index is 0.133. The molecule has 2 amide bonds. The van der Waals surface area contributed by atoms with E-state index in [2.05, 4.69) is 5.32 Å². The third-order valence-corrected chi connectivity index (χ3v) is 4.98. The Morgan fingerprint density at radius 3 is 2.70 bits per heavy atom. The first kappa shape index (κ1) is 19.3. The first-order chi connectivity index (χ1) is 12.8. The molecule has 1 aromatic carbocycles. The van der Waals surface area contributed by atoms with Gasteiger partial charge in [-0.25, -0.2) is 13.6 Å². The van der Waals surface area contributed by atoms with Gasteiger partial charge in [-0.05, 0) is 18.2 Å². The summed E-state index contributed by atoms with van der Waals surface area (Å²) in [5.41, 5.74) is -0.908. The van der Waals surface area contributed by atoms with Crippen LogP contribution in [0, 0.1) is 5.82 Å². The van der Waals surface area contributed by atoms with Crippen LogP contribution in [-0.4, -0.2) is 61.7 Å². The second kappa shape index (κ2) is 7.67. The fourth-order valence-electron chi connectivity index (χ4n) is 3.32. The predicted octanol–water partition coefficient (Wildman–Crippen LogP) is 1.59. The topological polar surface area (TPSA) is 82.1 Å². The molecule has 1 atom stereocenters. The Balaban J connectivity index is 1.67. The molecule has 0 radical (unpaired) electrons. The normalized spacial score (nSPS) is 21.9. The molecular formula is C18H23F2N3O4. The van der Waals surface area contributed by atoms with Gasteiger partial charge >= 0.3 is 6.09 Å². The van der Waals surface area contributed by atoms with Crippen LogP contribution in [-0.2, 0) is 9.53 Å². The van der Waals surface area contributed by atoms with Crippen LogP contribution in [0.15, 0.2) is 18.2 Å². The maximum atomic E-state index is 14.6. The van der Waals surface area contributed by atoms with Gasteiger partial charge in [0.1, 0.15) is 17.6 Å². The Bertz CT molecular complexity index is 723. The number of aliphatic hydroxyl groups excluding tert-OH is 1. The molecule has 148 valence electrons. The van der Waals surface area contributed by atoms with Gasteiger partial charge in [0.2, 0.25) is 5.91 Å². The molecular weight excluding hydrogens is 360 g/mol. The van der Waals surface area contributed by atoms with Crippen LogP contribution >= 0.6 is 0 Å². The summed E-state index contributed by atoms with van der Waals surface area (Å²) in [7, 11) is 0. The number of carbonyl (C=O) groups is 2. The van der Waals surface area contributed by atoms with Crippen LogP contribution < -0.4 is 15.1 Å². The average Bonchev–Trinajstić information content (AvgIpc) is 3.02. The smallest absolute Gasteiger partial charge is 0.414 e. The molecule has 2 fully saturated rings. The third-order valence-electron chi connectivity index (χ3n) is 4.98. The summed E-state index contributed by atoms with van der Waals surface area (Å²) in [6.07, 6.45) is -0.829. The number of nitrogens with zero attached hydrogens (tertiary/aromatic N) is 2. The minimum atomic E-state index is -1.60. The number of hydrogen-bond acceptors (Lipinski definition) is 5. The highest BCUT2D eigenvalue weighted by molar-refractivity contribution is 5.90. The van der Waals surface area contributed by atoms with Crippen LogP contribution in [0.3, 0.4) is 0 Å². The number of nitrogens with one attached hydrogen (secondary N) is 1. The molecule has 0 bridgehead atoms. The lowest BCUT2D eigenvalue weighted by atomic mass is 9.94. The predicted molar refractivity (Wildman–Crippen MR) is 95.1 cm³/mol. The van der Waals surface area contributed by atoms with Crippen molar-refractivity contribution < 1.29 is 28.2 Å². The van der Waals surface area contributed by atoms with E-state index in [1.165, 1.54) is 17.9 Å². The number of halogens is 2. The van der Waals surface area contributed by atoms with E-state index in [9.17, 15) is 18.4 Å². The van der Waals surface area contributed by atoms with Gasteiger partial charge in [-0.2, -0.15) is 0 Å². The van der Waals surface area contributed by atoms with Gasteiger partial charge in [-0.15, -0.1) is 0 Å². The van der Waals surface area contributed by atoms with Gasteiger partial charge in [0.05, 0.1) is 31.1 Å². The fraction of sp³-hybridized carbons (Fsp3) is 0.556. The molecule has 0 saturated carbocycles. The zero-order valence-electron chi connectivity index (χ0n) is 15.1. The van der Waals surface area contributed by atoms with Gasteiger partial charge in [0, 0.05) is 32.9 Å². The third kappa shape index (κ3) is 4.29. The van der Waals surface area contributed by atoms with Crippen LogP contribution in [0.25, 0.3) is 0 Å². The highest BCUT2D eigenvalue weighted by Gasteiger charge is 2.35. The second-order valence-corrected chi connectivity index (χ2v) is 6.99. The number of amides is 2. The molecule has 9 heteroatoms. The minimum Gasteiger partial charge on any atom is -0.442 e. The van der Waals surface area contributed by atoms with Crippen LogP contribution in [0.4, 0.5) is 25.0 Å². The van der Waals surface area contributed by atoms with Crippen molar-refractivity contribution in [3.05, 3.63) is 24.0 Å². The van der Waals surface area contributed by atoms with Crippen LogP contribution in [0.2, 0.25) is 0 Å². The molecule has 2 N–H and O–H groups in total. The summed E-state index contributed by atoms with van der Waals surface area (Å²) in [6, 6.07) is 4.42. The number of cyclic esters (lactones) is 1. The molecule has 2 saturated heterocycles. The van der Waals surface area contributed by atoms with Crippen molar-refractivity contribution in [3.8, 4) is 0 Å². The van der Waals surface area contributed by atoms with Crippen molar-refractivity contribution in [3.63, 3.8) is 0 Å². The summed E-state index contributed by atoms with van der Waals surface area (Å²) in [4.78, 5) is 26.0. The van der Waals surface area contributed by atoms with E-state index in [4.69, 9.17) is 9.84 Å². The van der Waals surface area contributed by atoms with Crippen molar-refractivity contribution >= 4 is 23.4 Å². The number of alkyl halides is 1. The van der Waals surface area contributed by atoms with E-state index in [1.807, 2.05) is 0 Å². The lowest BCUT2D eigenvalue weighted by molar-refractivity contribution is -0.119. The number of benzene rings is 1. The van der Waals surface area contributed by atoms with Gasteiger partial charge in [-0.3, -0.25) is 9.69 Å². The summed E-state index contributed by atoms with van der Waals surface area (Å²) in [5, 5.41) is 11.7. The van der Waals surface area contributed by atoms with Crippen LogP contribution in [0.5, 0.6) is 0 Å². The van der Waals surface area contributed by atoms with E-state index in [0.717, 1.165) is 0 Å². The number of ether oxygens (including phenoxy) is 1. The molecule has 3 rings (SSSR count). The molecule has 0 aromatic heterocycles. The lowest BCUT2D eigenvalue weighted by Gasteiger charge is -2.36. The Hall–Kier alpha value is -2.42. The van der Waals surface area contributed by atoms with E-state index in [-0.39, 0.29) is 31.8 Å². The summed E-state index contributed by atoms with van der Waals surface area (Å²) in [5.74, 6) is -0.735. The zero-order valence-corrected chi connectivity index (χ0v) is 15.1. The van der Waals surface area contributed by atoms with E-state index in [1.54, 1.807) is 17.0 Å². The maximum absolute atomic E-state index is 14.6. The summed E-state index contributed by atoms with van der Waals surface area (Å²) in [6.45, 7) is 1.86. The van der Waals surface area contributed by atoms with Crippen molar-refractivity contribution in [1.82, 2.24) is 5.32 Å². The molecule has 2 aliphatic heterocycles. The fourth-order valence-corrected chi connectivity index (χ4v) is 3.32. The summed E-state index contributed by atoms with van der Waals surface area (Å²) < 4.78 is 33.9. The highest BCUT2D eigenvalue weighted by atomic mass is 19.1. The van der Waals surface area contributed by atoms with Crippen molar-refractivity contribution in [2.75, 3.05) is 42.6 Å². The number of anilines is 2. The molecule has 2 heterocycles. The Kier molecular flexibility index (Phi) is 5.50. The van der Waals surface area contributed by atoms with Crippen molar-refractivity contribution in [1.29, 1.82) is 0 Å². The quantitative estimate of drug-likeness (QED) is 0.807. The van der Waals surface area contributed by atoms with Crippen molar-refractivity contribution in [2.45, 2.75) is 31.5 Å². The molecule has 0 aliphatic carbocycles.